The van der Waals surface area contributed by atoms with Crippen LogP contribution >= 0.6 is 0 Å². The summed E-state index contributed by atoms with van der Waals surface area (Å²) in [7, 11) is -1.97. The Labute approximate surface area is 662 Å². The van der Waals surface area contributed by atoms with Crippen LogP contribution in [0.15, 0.2) is 273 Å². The highest BCUT2D eigenvalue weighted by Gasteiger charge is 2.60. The van der Waals surface area contributed by atoms with Gasteiger partial charge in [-0.15, -0.1) is 0 Å². The number of rotatable bonds is 30. The molecular formula is C88H82O26Si. The van der Waals surface area contributed by atoms with Crippen LogP contribution in [0.25, 0.3) is 0 Å². The summed E-state index contributed by atoms with van der Waals surface area (Å²) >= 11 is 0. The molecule has 9 aromatic rings. The van der Waals surface area contributed by atoms with E-state index in [4.69, 9.17) is 75.8 Å². The largest absolute Gasteiger partial charge is 0.463 e. The van der Waals surface area contributed by atoms with Crippen molar-refractivity contribution < 1.29 is 124 Å². The molecule has 0 aliphatic carbocycles. The fourth-order valence-corrected chi connectivity index (χ4v) is 13.3. The number of hydrogen-bond acceptors (Lipinski definition) is 26. The molecule has 3 aliphatic heterocycles. The van der Waals surface area contributed by atoms with E-state index in [0.717, 1.165) is 6.92 Å². The minimum Gasteiger partial charge on any atom is -0.463 e. The van der Waals surface area contributed by atoms with Crippen molar-refractivity contribution >= 4 is 67.8 Å². The van der Waals surface area contributed by atoms with Crippen molar-refractivity contribution in [3.63, 3.8) is 0 Å². The number of carbonyl (C=O) groups is 10. The predicted molar refractivity (Wildman–Crippen MR) is 409 cm³/mol. The second-order valence-electron chi connectivity index (χ2n) is 27.9. The van der Waals surface area contributed by atoms with Crippen molar-refractivity contribution in [1.82, 2.24) is 0 Å². The maximum Gasteiger partial charge on any atom is 0.338 e. The summed E-state index contributed by atoms with van der Waals surface area (Å²) in [5.41, 5.74) is -0.132. The second-order valence-corrected chi connectivity index (χ2v) is 33.5. The van der Waals surface area contributed by atoms with Crippen LogP contribution in [0.5, 0.6) is 0 Å². The molecule has 27 heteroatoms. The van der Waals surface area contributed by atoms with Gasteiger partial charge in [0.05, 0.1) is 56.7 Å². The van der Waals surface area contributed by atoms with Gasteiger partial charge in [0.1, 0.15) is 37.6 Å². The smallest absolute Gasteiger partial charge is 0.338 e. The number of ether oxygens (including phenoxy) is 16. The van der Waals surface area contributed by atoms with Crippen LogP contribution in [0.2, 0.25) is 25.7 Å². The van der Waals surface area contributed by atoms with Crippen molar-refractivity contribution in [1.29, 1.82) is 0 Å². The molecule has 15 atom stereocenters. The lowest BCUT2D eigenvalue weighted by Crippen LogP contribution is -2.68. The Hall–Kier alpha value is -12.3. The molecule has 594 valence electrons. The summed E-state index contributed by atoms with van der Waals surface area (Å²) in [4.78, 5) is 146. The number of hydrogen-bond donors (Lipinski definition) is 0. The molecule has 0 bridgehead atoms. The monoisotopic (exact) mass is 1580 g/mol. The van der Waals surface area contributed by atoms with Crippen molar-refractivity contribution in [3.05, 3.63) is 323 Å². The molecule has 12 rings (SSSR count). The van der Waals surface area contributed by atoms with E-state index >= 15 is 9.59 Å². The van der Waals surface area contributed by atoms with Crippen LogP contribution < -0.4 is 0 Å². The van der Waals surface area contributed by atoms with Gasteiger partial charge < -0.3 is 75.8 Å². The van der Waals surface area contributed by atoms with Gasteiger partial charge in [0.2, 0.25) is 0 Å². The third kappa shape index (κ3) is 22.1. The average molecular weight is 1580 g/mol. The number of esters is 10. The van der Waals surface area contributed by atoms with Gasteiger partial charge in [0.15, 0.2) is 67.7 Å². The lowest BCUT2D eigenvalue weighted by molar-refractivity contribution is -0.361. The molecule has 0 unspecified atom stereocenters. The van der Waals surface area contributed by atoms with E-state index in [1.54, 1.807) is 127 Å². The van der Waals surface area contributed by atoms with Gasteiger partial charge in [-0.25, -0.2) is 43.2 Å². The Morgan fingerprint density at radius 3 is 0.783 bits per heavy atom. The van der Waals surface area contributed by atoms with Crippen molar-refractivity contribution in [2.75, 3.05) is 26.4 Å². The molecule has 0 N–H and O–H groups in total. The average Bonchev–Trinajstić information content (AvgIpc) is 0.736. The summed E-state index contributed by atoms with van der Waals surface area (Å²) in [5, 5.41) is 0. The highest BCUT2D eigenvalue weighted by molar-refractivity contribution is 6.76. The van der Waals surface area contributed by atoms with Gasteiger partial charge in [-0.2, -0.15) is 0 Å². The van der Waals surface area contributed by atoms with E-state index in [1.165, 1.54) is 146 Å². The van der Waals surface area contributed by atoms with E-state index < -0.39 is 180 Å². The fraction of sp³-hybridized carbons (Fsp3) is 0.273. The molecule has 0 spiro atoms. The maximum atomic E-state index is 15.3. The molecule has 3 heterocycles. The van der Waals surface area contributed by atoms with Gasteiger partial charge in [-0.05, 0) is 115 Å². The summed E-state index contributed by atoms with van der Waals surface area (Å²) in [6.07, 6.45) is -29.1. The zero-order chi connectivity index (χ0) is 80.8. The van der Waals surface area contributed by atoms with E-state index in [0.29, 0.717) is 6.04 Å². The number of benzene rings is 9. The fourth-order valence-electron chi connectivity index (χ4n) is 12.6. The zero-order valence-corrected chi connectivity index (χ0v) is 63.8. The Morgan fingerprint density at radius 1 is 0.261 bits per heavy atom. The zero-order valence-electron chi connectivity index (χ0n) is 62.8. The summed E-state index contributed by atoms with van der Waals surface area (Å²) < 4.78 is 104. The van der Waals surface area contributed by atoms with Gasteiger partial charge >= 0.3 is 59.7 Å². The molecule has 0 saturated carbocycles. The maximum absolute atomic E-state index is 15.3. The molecule has 26 nitrogen and oxygen atoms in total. The summed E-state index contributed by atoms with van der Waals surface area (Å²) in [6, 6.07) is 69.5. The molecule has 0 amide bonds. The lowest BCUT2D eigenvalue weighted by Gasteiger charge is -2.49. The van der Waals surface area contributed by atoms with Crippen LogP contribution in [0.4, 0.5) is 0 Å². The molecular weight excluding hydrogens is 1500 g/mol. The van der Waals surface area contributed by atoms with Crippen molar-refractivity contribution in [2.45, 2.75) is 125 Å². The van der Waals surface area contributed by atoms with Gasteiger partial charge in [-0.3, -0.25) is 4.79 Å². The number of carbonyl (C=O) groups excluding carboxylic acids is 10. The van der Waals surface area contributed by atoms with Crippen LogP contribution in [0.1, 0.15) is 100 Å². The van der Waals surface area contributed by atoms with Crippen molar-refractivity contribution in [3.8, 4) is 0 Å². The van der Waals surface area contributed by atoms with Crippen LogP contribution in [0, 0.1) is 0 Å². The van der Waals surface area contributed by atoms with Crippen LogP contribution in [0.3, 0.4) is 0 Å². The van der Waals surface area contributed by atoms with Crippen LogP contribution in [-0.4, -0.2) is 186 Å². The molecule has 0 aromatic heterocycles. The SMILES string of the molecule is CC(=O)OC[C@H]1O[C@@H](OC[C@H]2O[C@@H](OCC[Si](C)(C)C)[C@H](OC(=O)c3ccccc3)[C@@H](OC(=O)c3ccccc3)[C@H]2OC(=O)c2ccccc2)[C@H](OC(=O)c2ccccc2)[C@@H](OC(=O)c2ccccc2)[C@H]1O[C@H]1O[C@H](COC(=O)c2ccccc2)[C@@H](OC(=O)c2ccccc2)[C@H](OC(=O)c2ccccc2)[C@@H]1OC(=O)c1ccccc1. The minimum atomic E-state index is -2.23. The van der Waals surface area contributed by atoms with E-state index in [9.17, 15) is 38.4 Å². The first kappa shape index (κ1) is 82.1. The predicted octanol–water partition coefficient (Wildman–Crippen LogP) is 12.1. The molecule has 3 aliphatic rings. The van der Waals surface area contributed by atoms with E-state index in [1.807, 2.05) is 0 Å². The molecule has 0 radical (unpaired) electrons. The highest BCUT2D eigenvalue weighted by atomic mass is 28.3. The molecule has 3 fully saturated rings. The summed E-state index contributed by atoms with van der Waals surface area (Å²) in [6.45, 7) is 4.78. The Morgan fingerprint density at radius 2 is 0.487 bits per heavy atom. The normalized spacial score (nSPS) is 23.0. The summed E-state index contributed by atoms with van der Waals surface area (Å²) in [5.74, 6) is -10.1. The standard InChI is InChI=1S/C88H82O26Si/c1-55(89)100-52-65-70(114-88-76(113-85(98)64-48-30-13-31-49-64)72(109-81(94)60-40-22-9-23-41-60)68(106-78(91)57-34-16-6-17-35-57)66(105-88)53-101-77(90)56-32-14-5-15-33-56)73(110-82(95)61-42-24-10-25-43-61)75(112-84(97)63-46-28-12-29-47-63)87(104-65)102-54-67-69(107-79(92)58-36-18-7-19-37-58)71(108-80(93)59-38-20-8-21-39-59)74(86(103-67)99-50-51-115(2,3)4)111-83(96)62-44-26-11-27-45-62/h5-49,65-76,86-88H,50-54H2,1-4H3/t65-,66-,67-,68-,69+,70+,71+,72+,73+,74-,75-,76+,86-,87-,88-/m1/s1. The van der Waals surface area contributed by atoms with Crippen molar-refractivity contribution in [2.24, 2.45) is 0 Å². The second kappa shape index (κ2) is 39.4. The molecule has 115 heavy (non-hydrogen) atoms. The highest BCUT2D eigenvalue weighted by Crippen LogP contribution is 2.39. The lowest BCUT2D eigenvalue weighted by atomic mass is 9.95. The molecule has 9 aromatic carbocycles. The first-order chi connectivity index (χ1) is 55.7. The quantitative estimate of drug-likeness (QED) is 0.0229. The van der Waals surface area contributed by atoms with E-state index in [2.05, 4.69) is 19.6 Å². The molecule has 3 saturated heterocycles. The third-order valence-corrected chi connectivity index (χ3v) is 20.2. The van der Waals surface area contributed by atoms with Gasteiger partial charge in [0.25, 0.3) is 0 Å². The topological polar surface area (TPSA) is 318 Å². The first-order valence-corrected chi connectivity index (χ1v) is 40.7. The van der Waals surface area contributed by atoms with Crippen LogP contribution in [-0.2, 0) is 80.6 Å². The minimum absolute atomic E-state index is 0.00952. The Balaban J connectivity index is 1.01. The van der Waals surface area contributed by atoms with Gasteiger partial charge in [-0.1, -0.05) is 183 Å². The van der Waals surface area contributed by atoms with Gasteiger partial charge in [0, 0.05) is 21.6 Å². The Kier molecular flexibility index (Phi) is 28.1. The first-order valence-electron chi connectivity index (χ1n) is 37.0. The third-order valence-electron chi connectivity index (χ3n) is 18.5. The van der Waals surface area contributed by atoms with E-state index in [-0.39, 0.29) is 56.7 Å². The Bertz CT molecular complexity index is 4740.